The fourth-order valence-corrected chi connectivity index (χ4v) is 2.93. The van der Waals surface area contributed by atoms with Gasteiger partial charge in [0.05, 0.1) is 17.7 Å². The number of fused-ring (bicyclic) bond motifs is 1. The summed E-state index contributed by atoms with van der Waals surface area (Å²) in [6, 6.07) is 14.6. The van der Waals surface area contributed by atoms with E-state index in [1.54, 1.807) is 12.1 Å². The molecule has 22 heavy (non-hydrogen) atoms. The molecule has 0 amide bonds. The van der Waals surface area contributed by atoms with Crippen LogP contribution in [0, 0.1) is 0 Å². The SMILES string of the molecule is CC1(C)Cc2ccc(O)cc2C(CC(=O)c2ccccc2)=N1. The quantitative estimate of drug-likeness (QED) is 0.875. The molecule has 0 saturated heterocycles. The fourth-order valence-electron chi connectivity index (χ4n) is 2.93. The van der Waals surface area contributed by atoms with Gasteiger partial charge in [0, 0.05) is 11.1 Å². The van der Waals surface area contributed by atoms with Gasteiger partial charge in [-0.2, -0.15) is 0 Å². The third-order valence-electron chi connectivity index (χ3n) is 3.89. The Hall–Kier alpha value is -2.42. The zero-order chi connectivity index (χ0) is 15.7. The molecule has 0 fully saturated rings. The zero-order valence-corrected chi connectivity index (χ0v) is 12.8. The van der Waals surface area contributed by atoms with Crippen LogP contribution in [-0.2, 0) is 6.42 Å². The molecule has 0 aliphatic carbocycles. The lowest BCUT2D eigenvalue weighted by Crippen LogP contribution is -2.30. The fraction of sp³-hybridized carbons (Fsp3) is 0.263. The molecule has 0 spiro atoms. The van der Waals surface area contributed by atoms with E-state index in [1.807, 2.05) is 36.4 Å². The second kappa shape index (κ2) is 5.41. The summed E-state index contributed by atoms with van der Waals surface area (Å²) in [7, 11) is 0. The lowest BCUT2D eigenvalue weighted by molar-refractivity contribution is 0.100. The van der Waals surface area contributed by atoms with Crippen LogP contribution in [0.4, 0.5) is 0 Å². The van der Waals surface area contributed by atoms with Crippen LogP contribution in [0.5, 0.6) is 5.75 Å². The van der Waals surface area contributed by atoms with Crippen molar-refractivity contribution in [3.8, 4) is 5.75 Å². The third-order valence-corrected chi connectivity index (χ3v) is 3.89. The molecule has 112 valence electrons. The second-order valence-corrected chi connectivity index (χ2v) is 6.36. The number of ketones is 1. The molecule has 2 aromatic carbocycles. The smallest absolute Gasteiger partial charge is 0.168 e. The van der Waals surface area contributed by atoms with Gasteiger partial charge in [0.1, 0.15) is 5.75 Å². The lowest BCUT2D eigenvalue weighted by atomic mass is 9.85. The minimum Gasteiger partial charge on any atom is -0.508 e. The number of aromatic hydroxyl groups is 1. The topological polar surface area (TPSA) is 49.7 Å². The average Bonchev–Trinajstić information content (AvgIpc) is 2.48. The summed E-state index contributed by atoms with van der Waals surface area (Å²) in [6.07, 6.45) is 1.07. The van der Waals surface area contributed by atoms with E-state index in [4.69, 9.17) is 4.99 Å². The van der Waals surface area contributed by atoms with Gasteiger partial charge in [0.25, 0.3) is 0 Å². The molecule has 0 atom stereocenters. The van der Waals surface area contributed by atoms with Gasteiger partial charge >= 0.3 is 0 Å². The van der Waals surface area contributed by atoms with Gasteiger partial charge in [0.15, 0.2) is 5.78 Å². The molecule has 1 aliphatic rings. The molecule has 3 rings (SSSR count). The van der Waals surface area contributed by atoms with Gasteiger partial charge in [-0.25, -0.2) is 0 Å². The summed E-state index contributed by atoms with van der Waals surface area (Å²) >= 11 is 0. The van der Waals surface area contributed by atoms with Gasteiger partial charge < -0.3 is 5.11 Å². The van der Waals surface area contributed by atoms with Crippen LogP contribution in [-0.4, -0.2) is 22.1 Å². The number of benzene rings is 2. The first-order valence-electron chi connectivity index (χ1n) is 7.44. The predicted molar refractivity (Wildman–Crippen MR) is 87.8 cm³/mol. The first-order valence-corrected chi connectivity index (χ1v) is 7.44. The standard InChI is InChI=1S/C19H19NO2/c1-19(2)12-14-8-9-15(21)10-16(14)17(20-19)11-18(22)13-6-4-3-5-7-13/h3-10,21H,11-12H2,1-2H3. The first kappa shape index (κ1) is 14.5. The Labute approximate surface area is 130 Å². The van der Waals surface area contributed by atoms with Crippen LogP contribution in [0.25, 0.3) is 0 Å². The van der Waals surface area contributed by atoms with Gasteiger partial charge in [-0.15, -0.1) is 0 Å². The van der Waals surface area contributed by atoms with Crippen molar-refractivity contribution in [2.75, 3.05) is 0 Å². The van der Waals surface area contributed by atoms with Crippen molar-refractivity contribution in [1.29, 1.82) is 0 Å². The highest BCUT2D eigenvalue weighted by Crippen LogP contribution is 2.30. The number of rotatable bonds is 3. The number of phenolic OH excluding ortho intramolecular Hbond substituents is 1. The molecule has 0 saturated carbocycles. The van der Waals surface area contributed by atoms with Crippen molar-refractivity contribution in [2.45, 2.75) is 32.2 Å². The lowest BCUT2D eigenvalue weighted by Gasteiger charge is -2.29. The van der Waals surface area contributed by atoms with Crippen molar-refractivity contribution in [2.24, 2.45) is 4.99 Å². The summed E-state index contributed by atoms with van der Waals surface area (Å²) in [5.74, 6) is 0.254. The summed E-state index contributed by atoms with van der Waals surface area (Å²) in [5, 5.41) is 9.75. The van der Waals surface area contributed by atoms with Crippen molar-refractivity contribution in [3.63, 3.8) is 0 Å². The number of nitrogens with zero attached hydrogens (tertiary/aromatic N) is 1. The van der Waals surface area contributed by atoms with Crippen LogP contribution in [0.15, 0.2) is 53.5 Å². The Morgan fingerprint density at radius 3 is 2.64 bits per heavy atom. The van der Waals surface area contributed by atoms with Crippen LogP contribution in [0.3, 0.4) is 0 Å². The molecule has 3 heteroatoms. The zero-order valence-electron chi connectivity index (χ0n) is 12.8. The van der Waals surface area contributed by atoms with E-state index in [2.05, 4.69) is 13.8 Å². The Balaban J connectivity index is 1.96. The molecule has 0 unspecified atom stereocenters. The number of hydrogen-bond donors (Lipinski definition) is 1. The number of carbonyl (C=O) groups excluding carboxylic acids is 1. The molecule has 3 nitrogen and oxygen atoms in total. The summed E-state index contributed by atoms with van der Waals surface area (Å²) in [4.78, 5) is 17.2. The number of phenols is 1. The summed E-state index contributed by atoms with van der Waals surface area (Å²) in [6.45, 7) is 4.13. The van der Waals surface area contributed by atoms with Gasteiger partial charge in [-0.05, 0) is 38.0 Å². The van der Waals surface area contributed by atoms with E-state index >= 15 is 0 Å². The number of aliphatic imine (C=N–C) groups is 1. The largest absolute Gasteiger partial charge is 0.508 e. The summed E-state index contributed by atoms with van der Waals surface area (Å²) in [5.41, 5.74) is 3.25. The normalized spacial score (nSPS) is 15.8. The maximum Gasteiger partial charge on any atom is 0.168 e. The van der Waals surface area contributed by atoms with Crippen LogP contribution >= 0.6 is 0 Å². The highest BCUT2D eigenvalue weighted by atomic mass is 16.3. The molecule has 0 radical (unpaired) electrons. The molecule has 2 aromatic rings. The minimum atomic E-state index is -0.226. The highest BCUT2D eigenvalue weighted by molar-refractivity contribution is 6.16. The number of hydrogen-bond acceptors (Lipinski definition) is 3. The van der Waals surface area contributed by atoms with E-state index in [1.165, 1.54) is 0 Å². The molecular weight excluding hydrogens is 274 g/mol. The Morgan fingerprint density at radius 1 is 1.18 bits per heavy atom. The number of carbonyl (C=O) groups is 1. The van der Waals surface area contributed by atoms with E-state index in [0.29, 0.717) is 5.56 Å². The monoisotopic (exact) mass is 293 g/mol. The van der Waals surface area contributed by atoms with Crippen molar-refractivity contribution in [3.05, 3.63) is 65.2 Å². The van der Waals surface area contributed by atoms with E-state index in [9.17, 15) is 9.90 Å². The van der Waals surface area contributed by atoms with Crippen LogP contribution < -0.4 is 0 Å². The highest BCUT2D eigenvalue weighted by Gasteiger charge is 2.28. The Kier molecular flexibility index (Phi) is 3.57. The Bertz CT molecular complexity index is 745. The van der Waals surface area contributed by atoms with Crippen molar-refractivity contribution >= 4 is 11.5 Å². The van der Waals surface area contributed by atoms with Crippen molar-refractivity contribution < 1.29 is 9.90 Å². The van der Waals surface area contributed by atoms with E-state index in [-0.39, 0.29) is 23.5 Å². The minimum absolute atomic E-state index is 0.0475. The molecule has 1 heterocycles. The number of Topliss-reactive ketones (excluding diaryl/α,β-unsaturated/α-hetero) is 1. The maximum absolute atomic E-state index is 12.5. The molecule has 1 aliphatic heterocycles. The first-order chi connectivity index (χ1) is 10.4. The second-order valence-electron chi connectivity index (χ2n) is 6.36. The molecule has 0 bridgehead atoms. The molecular formula is C19H19NO2. The third kappa shape index (κ3) is 2.93. The van der Waals surface area contributed by atoms with Gasteiger partial charge in [-0.1, -0.05) is 36.4 Å². The van der Waals surface area contributed by atoms with E-state index in [0.717, 1.165) is 23.3 Å². The van der Waals surface area contributed by atoms with Gasteiger partial charge in [-0.3, -0.25) is 9.79 Å². The van der Waals surface area contributed by atoms with E-state index < -0.39 is 0 Å². The molecule has 0 aromatic heterocycles. The molecule has 1 N–H and O–H groups in total. The maximum atomic E-state index is 12.5. The van der Waals surface area contributed by atoms with Crippen LogP contribution in [0.2, 0.25) is 0 Å². The predicted octanol–water partition coefficient (Wildman–Crippen LogP) is 3.79. The Morgan fingerprint density at radius 2 is 1.91 bits per heavy atom. The average molecular weight is 293 g/mol. The van der Waals surface area contributed by atoms with Crippen molar-refractivity contribution in [1.82, 2.24) is 0 Å². The van der Waals surface area contributed by atoms with Gasteiger partial charge in [0.2, 0.25) is 0 Å². The summed E-state index contributed by atoms with van der Waals surface area (Å²) < 4.78 is 0. The van der Waals surface area contributed by atoms with Crippen LogP contribution in [0.1, 0.15) is 41.8 Å².